The number of hydrogen-bond donors (Lipinski definition) is 2. The number of sulfonamides is 1. The number of alkyl halides is 3. The molecule has 0 amide bonds. The predicted octanol–water partition coefficient (Wildman–Crippen LogP) is 5.66. The second kappa shape index (κ2) is 12.1. The molecule has 0 aliphatic carbocycles. The van der Waals surface area contributed by atoms with Crippen molar-refractivity contribution in [1.82, 2.24) is 9.97 Å². The molecule has 2 aromatic heterocycles. The van der Waals surface area contributed by atoms with E-state index in [0.29, 0.717) is 37.3 Å². The van der Waals surface area contributed by atoms with Crippen LogP contribution in [-0.4, -0.2) is 43.2 Å². The van der Waals surface area contributed by atoms with Gasteiger partial charge in [0.2, 0.25) is 0 Å². The van der Waals surface area contributed by atoms with Gasteiger partial charge in [0, 0.05) is 25.3 Å². The fourth-order valence-electron chi connectivity index (χ4n) is 4.59. The van der Waals surface area contributed by atoms with Crippen LogP contribution in [0.2, 0.25) is 0 Å². The number of nitrogens with zero attached hydrogens (tertiary/aromatic N) is 3. The van der Waals surface area contributed by atoms with Crippen LogP contribution in [-0.2, 0) is 22.6 Å². The van der Waals surface area contributed by atoms with E-state index in [1.54, 1.807) is 36.4 Å². The third kappa shape index (κ3) is 6.82. The minimum Gasteiger partial charge on any atom is -0.396 e. The van der Waals surface area contributed by atoms with E-state index in [4.69, 9.17) is 0 Å². The van der Waals surface area contributed by atoms with Crippen molar-refractivity contribution in [3.05, 3.63) is 65.7 Å². The monoisotopic (exact) mass is 548 g/mol. The average molecular weight is 549 g/mol. The maximum atomic E-state index is 14.0. The topological polar surface area (TPSA) is 95.4 Å². The van der Waals surface area contributed by atoms with E-state index in [9.17, 15) is 26.7 Å². The molecule has 204 valence electrons. The highest BCUT2D eigenvalue weighted by atomic mass is 32.2. The molecule has 3 aromatic rings. The summed E-state index contributed by atoms with van der Waals surface area (Å²) in [4.78, 5) is 10.4. The van der Waals surface area contributed by atoms with Gasteiger partial charge in [-0.15, -0.1) is 0 Å². The smallest absolute Gasteiger partial charge is 0.396 e. The number of aliphatic hydroxyl groups excluding tert-OH is 1. The van der Waals surface area contributed by atoms with Crippen LogP contribution in [0.4, 0.5) is 24.8 Å². The Bertz CT molecular complexity index is 1350. The second-order valence-corrected chi connectivity index (χ2v) is 10.9. The van der Waals surface area contributed by atoms with Gasteiger partial charge < -0.3 is 10.0 Å². The van der Waals surface area contributed by atoms with Crippen LogP contribution in [0.25, 0.3) is 11.3 Å². The van der Waals surface area contributed by atoms with Crippen molar-refractivity contribution in [2.24, 2.45) is 0 Å². The van der Waals surface area contributed by atoms with Crippen molar-refractivity contribution in [3.63, 3.8) is 0 Å². The number of nitrogens with one attached hydrogen (secondary N) is 1. The fourth-order valence-corrected chi connectivity index (χ4v) is 5.55. The molecule has 0 unspecified atom stereocenters. The third-order valence-electron chi connectivity index (χ3n) is 6.48. The van der Waals surface area contributed by atoms with E-state index in [1.165, 1.54) is 6.07 Å². The molecule has 11 heteroatoms. The average Bonchev–Trinajstić information content (AvgIpc) is 2.89. The molecule has 1 aromatic carbocycles. The molecule has 7 nitrogen and oxygen atoms in total. The van der Waals surface area contributed by atoms with Crippen LogP contribution in [0.5, 0.6) is 0 Å². The van der Waals surface area contributed by atoms with Crippen molar-refractivity contribution < 1.29 is 26.7 Å². The molecule has 0 atom stereocenters. The highest BCUT2D eigenvalue weighted by molar-refractivity contribution is 7.92. The van der Waals surface area contributed by atoms with Gasteiger partial charge in [-0.05, 0) is 55.5 Å². The lowest BCUT2D eigenvalue weighted by molar-refractivity contribution is -0.137. The minimum absolute atomic E-state index is 0.000553. The second-order valence-electron chi connectivity index (χ2n) is 9.27. The first-order valence-electron chi connectivity index (χ1n) is 12.7. The van der Waals surface area contributed by atoms with Crippen LogP contribution < -0.4 is 9.62 Å². The van der Waals surface area contributed by atoms with Crippen LogP contribution >= 0.6 is 0 Å². The molecule has 38 heavy (non-hydrogen) atoms. The Morgan fingerprint density at radius 3 is 2.47 bits per heavy atom. The van der Waals surface area contributed by atoms with E-state index in [2.05, 4.69) is 14.7 Å². The zero-order valence-electron chi connectivity index (χ0n) is 20.9. The van der Waals surface area contributed by atoms with Crippen molar-refractivity contribution in [2.45, 2.75) is 56.1 Å². The number of anilines is 2. The number of halogens is 3. The van der Waals surface area contributed by atoms with Crippen LogP contribution in [0.15, 0.2) is 59.6 Å². The summed E-state index contributed by atoms with van der Waals surface area (Å²) in [5.74, 6) is 0.227. The summed E-state index contributed by atoms with van der Waals surface area (Å²) < 4.78 is 70.6. The first kappa shape index (κ1) is 27.8. The number of benzene rings is 1. The number of hydrogen-bond acceptors (Lipinski definition) is 6. The summed E-state index contributed by atoms with van der Waals surface area (Å²) >= 11 is 0. The molecule has 0 saturated carbocycles. The molecule has 4 rings (SSSR count). The summed E-state index contributed by atoms with van der Waals surface area (Å²) in [5.41, 5.74) is -0.175. The van der Waals surface area contributed by atoms with Gasteiger partial charge in [0.05, 0.1) is 11.3 Å². The van der Waals surface area contributed by atoms with Crippen molar-refractivity contribution in [3.8, 4) is 11.3 Å². The number of rotatable bonds is 3. The number of fused-ring (bicyclic) bond motifs is 6. The number of aryl methyl sites for hydroxylation is 1. The molecule has 0 radical (unpaired) electrons. The maximum absolute atomic E-state index is 14.0. The number of pyridine rings is 2. The zero-order valence-corrected chi connectivity index (χ0v) is 21.7. The highest BCUT2D eigenvalue weighted by Crippen LogP contribution is 2.38. The van der Waals surface area contributed by atoms with Crippen LogP contribution in [0, 0.1) is 0 Å². The number of aromatic nitrogens is 2. The molecule has 0 saturated heterocycles. The van der Waals surface area contributed by atoms with Crippen molar-refractivity contribution in [1.29, 1.82) is 0 Å². The van der Waals surface area contributed by atoms with E-state index in [-0.39, 0.29) is 23.1 Å². The molecular formula is C27H31F3N4O3S. The lowest BCUT2D eigenvalue weighted by Gasteiger charge is -2.24. The lowest BCUT2D eigenvalue weighted by Crippen LogP contribution is -2.28. The summed E-state index contributed by atoms with van der Waals surface area (Å²) in [6.45, 7) is 1.18. The molecular weight excluding hydrogens is 517 g/mol. The summed E-state index contributed by atoms with van der Waals surface area (Å²) in [6, 6.07) is 13.3. The Morgan fingerprint density at radius 2 is 1.68 bits per heavy atom. The van der Waals surface area contributed by atoms with Gasteiger partial charge >= 0.3 is 6.18 Å². The van der Waals surface area contributed by atoms with E-state index >= 15 is 0 Å². The SMILES string of the molecule is O=S1(=O)Nc2ccc(C(F)(F)F)c(n2)-c2ccccc2CCCCCCCN(CCCO)c2cccc1n2. The van der Waals surface area contributed by atoms with Gasteiger partial charge in [-0.1, -0.05) is 49.6 Å². The van der Waals surface area contributed by atoms with E-state index < -0.39 is 21.8 Å². The molecule has 0 spiro atoms. The quantitative estimate of drug-likeness (QED) is 0.439. The Morgan fingerprint density at radius 1 is 0.921 bits per heavy atom. The van der Waals surface area contributed by atoms with Crippen molar-refractivity contribution >= 4 is 21.7 Å². The first-order valence-corrected chi connectivity index (χ1v) is 14.2. The lowest BCUT2D eigenvalue weighted by atomic mass is 9.96. The normalized spacial score (nSPS) is 16.6. The molecule has 0 fully saturated rings. The maximum Gasteiger partial charge on any atom is 0.418 e. The Labute approximate surface area is 220 Å². The predicted molar refractivity (Wildman–Crippen MR) is 140 cm³/mol. The largest absolute Gasteiger partial charge is 0.418 e. The number of aliphatic hydroxyl groups is 1. The van der Waals surface area contributed by atoms with E-state index in [1.807, 2.05) is 4.90 Å². The Balaban J connectivity index is 1.79. The standard InChI is InChI=1S/C27H31F3N4O3S/c28-27(29,30)22-15-16-23-31-26(22)21-12-6-5-11-20(21)10-4-2-1-3-7-17-34(18-9-19-35)24-13-8-14-25(32-24)38(36,37)33-23/h5-6,8,11-16,35H,1-4,7,9-10,17-19H2,(H,31,33). The van der Waals surface area contributed by atoms with Gasteiger partial charge in [0.15, 0.2) is 5.03 Å². The van der Waals surface area contributed by atoms with E-state index in [0.717, 1.165) is 49.8 Å². The first-order chi connectivity index (χ1) is 18.2. The molecule has 3 heterocycles. The third-order valence-corrected chi connectivity index (χ3v) is 7.74. The Kier molecular flexibility index (Phi) is 8.88. The molecule has 1 aliphatic rings. The van der Waals surface area contributed by atoms with Gasteiger partial charge in [-0.3, -0.25) is 4.72 Å². The van der Waals surface area contributed by atoms with Gasteiger partial charge in [0.1, 0.15) is 11.6 Å². The molecule has 4 bridgehead atoms. The molecule has 1 aliphatic heterocycles. The highest BCUT2D eigenvalue weighted by Gasteiger charge is 2.35. The summed E-state index contributed by atoms with van der Waals surface area (Å²) in [6.07, 6.45) is 0.930. The van der Waals surface area contributed by atoms with Gasteiger partial charge in [-0.2, -0.15) is 21.6 Å². The minimum atomic E-state index is -4.67. The fraction of sp³-hybridized carbons (Fsp3) is 0.407. The summed E-state index contributed by atoms with van der Waals surface area (Å²) in [7, 11) is -4.25. The van der Waals surface area contributed by atoms with Gasteiger partial charge in [-0.25, -0.2) is 9.97 Å². The Hall–Kier alpha value is -3.18. The summed E-state index contributed by atoms with van der Waals surface area (Å²) in [5, 5.41) is 9.05. The van der Waals surface area contributed by atoms with Crippen LogP contribution in [0.3, 0.4) is 0 Å². The van der Waals surface area contributed by atoms with Gasteiger partial charge in [0.25, 0.3) is 10.0 Å². The zero-order chi connectivity index (χ0) is 27.2. The molecule has 2 N–H and O–H groups in total. The van der Waals surface area contributed by atoms with Crippen molar-refractivity contribution in [2.75, 3.05) is 29.3 Å². The van der Waals surface area contributed by atoms with Crippen LogP contribution in [0.1, 0.15) is 49.7 Å².